The fraction of sp³-hybridized carbons (Fsp3) is 0.0370. The highest BCUT2D eigenvalue weighted by Gasteiger charge is 2.47. The molecule has 0 bridgehead atoms. The molecule has 1 saturated heterocycles. The fourth-order valence-corrected chi connectivity index (χ4v) is 4.20. The number of aliphatic hydroxyl groups is 1. The van der Waals surface area contributed by atoms with Crippen LogP contribution >= 0.6 is 0 Å². The van der Waals surface area contributed by atoms with E-state index in [0.29, 0.717) is 16.8 Å². The zero-order valence-corrected chi connectivity index (χ0v) is 17.3. The van der Waals surface area contributed by atoms with E-state index in [9.17, 15) is 24.2 Å². The molecule has 0 aromatic heterocycles. The Labute approximate surface area is 188 Å². The Bertz CT molecular complexity index is 1440. The van der Waals surface area contributed by atoms with Gasteiger partial charge in [-0.1, -0.05) is 48.5 Å². The average Bonchev–Trinajstić information content (AvgIpc) is 3.09. The van der Waals surface area contributed by atoms with Crippen molar-refractivity contribution >= 4 is 33.9 Å². The lowest BCUT2D eigenvalue weighted by atomic mass is 9.94. The van der Waals surface area contributed by atoms with Gasteiger partial charge in [-0.05, 0) is 58.8 Å². The van der Waals surface area contributed by atoms with E-state index in [4.69, 9.17) is 0 Å². The summed E-state index contributed by atoms with van der Waals surface area (Å²) >= 11 is 0. The van der Waals surface area contributed by atoms with Crippen LogP contribution in [-0.4, -0.2) is 21.9 Å². The summed E-state index contributed by atoms with van der Waals surface area (Å²) in [6, 6.07) is 23.1. The molecule has 0 saturated carbocycles. The number of phenolic OH excluding ortho intramolecular Hbond substituents is 1. The van der Waals surface area contributed by atoms with E-state index in [-0.39, 0.29) is 17.1 Å². The van der Waals surface area contributed by atoms with E-state index in [1.807, 2.05) is 30.3 Å². The molecule has 0 aliphatic carbocycles. The maximum absolute atomic E-state index is 13.5. The summed E-state index contributed by atoms with van der Waals surface area (Å²) in [7, 11) is 0. The van der Waals surface area contributed by atoms with Gasteiger partial charge in [0.1, 0.15) is 17.3 Å². The number of Topliss-reactive ketones (excluding diaryl/α,β-unsaturated/α-hetero) is 1. The van der Waals surface area contributed by atoms with Crippen LogP contribution in [0.4, 0.5) is 10.1 Å². The number of hydrogen-bond acceptors (Lipinski definition) is 4. The normalized spacial score (nSPS) is 17.6. The van der Waals surface area contributed by atoms with E-state index in [2.05, 4.69) is 0 Å². The number of amides is 1. The van der Waals surface area contributed by atoms with Crippen LogP contribution in [0, 0.1) is 5.82 Å². The van der Waals surface area contributed by atoms with Gasteiger partial charge in [0.15, 0.2) is 0 Å². The van der Waals surface area contributed by atoms with Gasteiger partial charge in [0.25, 0.3) is 11.7 Å². The quantitative estimate of drug-likeness (QED) is 0.258. The maximum atomic E-state index is 13.5. The lowest BCUT2D eigenvalue weighted by molar-refractivity contribution is -0.132. The molecule has 2 N–H and O–H groups in total. The van der Waals surface area contributed by atoms with Crippen molar-refractivity contribution in [2.24, 2.45) is 0 Å². The van der Waals surface area contributed by atoms with Gasteiger partial charge in [-0.3, -0.25) is 14.5 Å². The van der Waals surface area contributed by atoms with Crippen LogP contribution in [0.5, 0.6) is 5.75 Å². The smallest absolute Gasteiger partial charge is 0.300 e. The summed E-state index contributed by atoms with van der Waals surface area (Å²) in [5.74, 6) is -2.57. The van der Waals surface area contributed by atoms with Gasteiger partial charge in [-0.15, -0.1) is 0 Å². The third kappa shape index (κ3) is 3.51. The van der Waals surface area contributed by atoms with Crippen LogP contribution in [0.1, 0.15) is 17.2 Å². The third-order valence-corrected chi connectivity index (χ3v) is 5.76. The highest BCUT2D eigenvalue weighted by atomic mass is 19.1. The predicted octanol–water partition coefficient (Wildman–Crippen LogP) is 5.31. The van der Waals surface area contributed by atoms with Crippen molar-refractivity contribution in [2.75, 3.05) is 4.90 Å². The summed E-state index contributed by atoms with van der Waals surface area (Å²) in [6.07, 6.45) is 0. The van der Waals surface area contributed by atoms with Crippen LogP contribution < -0.4 is 4.90 Å². The van der Waals surface area contributed by atoms with Crippen LogP contribution in [0.2, 0.25) is 0 Å². The molecule has 1 unspecified atom stereocenters. The molecule has 4 aromatic rings. The van der Waals surface area contributed by atoms with Gasteiger partial charge in [-0.25, -0.2) is 4.39 Å². The van der Waals surface area contributed by atoms with Crippen molar-refractivity contribution in [1.29, 1.82) is 0 Å². The van der Waals surface area contributed by atoms with Gasteiger partial charge in [0.05, 0.1) is 11.6 Å². The molecule has 0 spiro atoms. The monoisotopic (exact) mass is 439 g/mol. The van der Waals surface area contributed by atoms with E-state index >= 15 is 0 Å². The minimum Gasteiger partial charge on any atom is -0.508 e. The highest BCUT2D eigenvalue weighted by Crippen LogP contribution is 2.43. The fourth-order valence-electron chi connectivity index (χ4n) is 4.20. The molecule has 5 nitrogen and oxygen atoms in total. The van der Waals surface area contributed by atoms with Crippen molar-refractivity contribution in [1.82, 2.24) is 0 Å². The first kappa shape index (κ1) is 20.5. The van der Waals surface area contributed by atoms with Gasteiger partial charge in [0.2, 0.25) is 0 Å². The molecule has 162 valence electrons. The molecule has 1 aliphatic heterocycles. The van der Waals surface area contributed by atoms with Crippen molar-refractivity contribution in [3.8, 4) is 5.75 Å². The lowest BCUT2D eigenvalue weighted by Gasteiger charge is -2.25. The van der Waals surface area contributed by atoms with Gasteiger partial charge in [0, 0.05) is 11.3 Å². The minimum atomic E-state index is -1.01. The van der Waals surface area contributed by atoms with Gasteiger partial charge < -0.3 is 10.2 Å². The second-order valence-electron chi connectivity index (χ2n) is 7.80. The van der Waals surface area contributed by atoms with Crippen LogP contribution in [0.25, 0.3) is 16.5 Å². The number of ketones is 1. The largest absolute Gasteiger partial charge is 0.508 e. The maximum Gasteiger partial charge on any atom is 0.300 e. The van der Waals surface area contributed by atoms with E-state index in [1.54, 1.807) is 24.3 Å². The Morgan fingerprint density at radius 1 is 0.818 bits per heavy atom. The first-order chi connectivity index (χ1) is 15.9. The molecule has 1 heterocycles. The number of hydrogen-bond donors (Lipinski definition) is 2. The van der Waals surface area contributed by atoms with E-state index < -0.39 is 23.5 Å². The van der Waals surface area contributed by atoms with Crippen molar-refractivity contribution in [3.05, 3.63) is 114 Å². The van der Waals surface area contributed by atoms with Crippen molar-refractivity contribution < 1.29 is 24.2 Å². The molecule has 1 atom stereocenters. The Morgan fingerprint density at radius 3 is 2.27 bits per heavy atom. The number of benzene rings is 4. The highest BCUT2D eigenvalue weighted by molar-refractivity contribution is 6.51. The first-order valence-corrected chi connectivity index (χ1v) is 10.3. The molecule has 0 radical (unpaired) electrons. The lowest BCUT2D eigenvalue weighted by Crippen LogP contribution is -2.29. The summed E-state index contributed by atoms with van der Waals surface area (Å²) in [4.78, 5) is 27.5. The Balaban J connectivity index is 1.73. The molecule has 6 heteroatoms. The number of phenols is 1. The van der Waals surface area contributed by atoms with E-state index in [0.717, 1.165) is 10.8 Å². The molecule has 1 amide bonds. The third-order valence-electron chi connectivity index (χ3n) is 5.76. The van der Waals surface area contributed by atoms with Gasteiger partial charge >= 0.3 is 0 Å². The zero-order chi connectivity index (χ0) is 23.1. The first-order valence-electron chi connectivity index (χ1n) is 10.3. The molecular weight excluding hydrogens is 421 g/mol. The summed E-state index contributed by atoms with van der Waals surface area (Å²) in [6.45, 7) is 0. The van der Waals surface area contributed by atoms with E-state index in [1.165, 1.54) is 41.3 Å². The topological polar surface area (TPSA) is 77.8 Å². The number of carbonyl (C=O) groups is 2. The Kier molecular flexibility index (Phi) is 4.90. The number of nitrogens with zero attached hydrogens (tertiary/aromatic N) is 1. The number of rotatable bonds is 3. The summed E-state index contributed by atoms with van der Waals surface area (Å²) in [5.41, 5.74) is 1.01. The van der Waals surface area contributed by atoms with Crippen molar-refractivity contribution in [3.63, 3.8) is 0 Å². The van der Waals surface area contributed by atoms with Crippen molar-refractivity contribution in [2.45, 2.75) is 6.04 Å². The molecular formula is C27H18FNO4. The molecule has 33 heavy (non-hydrogen) atoms. The van der Waals surface area contributed by atoms with Crippen LogP contribution in [0.15, 0.2) is 96.6 Å². The summed E-state index contributed by atoms with van der Waals surface area (Å²) < 4.78 is 13.5. The standard InChI is InChI=1S/C27H18FNO4/c28-20-10-12-21(13-11-20)29-24(18-6-3-7-22(30)15-18)23(26(32)27(29)33)25(31)19-9-8-16-4-1-2-5-17(16)14-19/h1-15,24,30-31H/b25-23-. The average molecular weight is 439 g/mol. The molecule has 4 aromatic carbocycles. The molecule has 5 rings (SSSR count). The molecule has 1 fully saturated rings. The molecule has 1 aliphatic rings. The number of anilines is 1. The zero-order valence-electron chi connectivity index (χ0n) is 17.3. The number of fused-ring (bicyclic) bond motifs is 1. The predicted molar refractivity (Wildman–Crippen MR) is 123 cm³/mol. The van der Waals surface area contributed by atoms with Crippen LogP contribution in [-0.2, 0) is 9.59 Å². The number of halogens is 1. The Hall–Kier alpha value is -4.45. The number of carbonyl (C=O) groups excluding carboxylic acids is 2. The second kappa shape index (κ2) is 7.91. The van der Waals surface area contributed by atoms with Crippen LogP contribution in [0.3, 0.4) is 0 Å². The minimum absolute atomic E-state index is 0.0529. The Morgan fingerprint density at radius 2 is 1.55 bits per heavy atom. The van der Waals surface area contributed by atoms with Gasteiger partial charge in [-0.2, -0.15) is 0 Å². The number of aliphatic hydroxyl groups excluding tert-OH is 1. The SMILES string of the molecule is O=C1C(=O)N(c2ccc(F)cc2)C(c2cccc(O)c2)/C1=C(/O)c1ccc2ccccc2c1. The summed E-state index contributed by atoms with van der Waals surface area (Å²) in [5, 5.41) is 23.1. The second-order valence-corrected chi connectivity index (χ2v) is 7.80. The number of aromatic hydroxyl groups is 1.